The monoisotopic (exact) mass is 269 g/mol. The topological polar surface area (TPSA) is 57.9 Å². The number of nitriles is 1. The molecule has 2 heterocycles. The summed E-state index contributed by atoms with van der Waals surface area (Å²) in [6.45, 7) is 0.825. The summed E-state index contributed by atoms with van der Waals surface area (Å²) in [5.41, 5.74) is 3.12. The number of fused-ring (bicyclic) bond motifs is 1. The minimum atomic E-state index is 0.316. The van der Waals surface area contributed by atoms with Gasteiger partial charge in [0, 0.05) is 12.3 Å². The van der Waals surface area contributed by atoms with Gasteiger partial charge in [0.2, 0.25) is 0 Å². The molecule has 4 rings (SSSR count). The first kappa shape index (κ1) is 12.2. The van der Waals surface area contributed by atoms with Gasteiger partial charge >= 0.3 is 0 Å². The predicted molar refractivity (Wildman–Crippen MR) is 75.5 cm³/mol. The van der Waals surface area contributed by atoms with E-state index >= 15 is 0 Å². The molecule has 1 N–H and O–H groups in total. The molecule has 2 atom stereocenters. The van der Waals surface area contributed by atoms with Gasteiger partial charge in [-0.2, -0.15) is 5.26 Å². The number of hydrogen-bond donors (Lipinski definition) is 1. The molecular weight excluding hydrogens is 250 g/mol. The SMILES string of the molecule is N#Cc1cc2c(nc1NC1CCOC1C1CC1)CCC2. The molecule has 20 heavy (non-hydrogen) atoms. The van der Waals surface area contributed by atoms with Gasteiger partial charge in [0.25, 0.3) is 0 Å². The summed E-state index contributed by atoms with van der Waals surface area (Å²) in [6.07, 6.45) is 7.17. The molecule has 2 fully saturated rings. The molecule has 1 aromatic rings. The number of aryl methyl sites for hydroxylation is 2. The molecule has 2 aliphatic carbocycles. The lowest BCUT2D eigenvalue weighted by molar-refractivity contribution is 0.0898. The molecular formula is C16H19N3O. The van der Waals surface area contributed by atoms with Crippen molar-refractivity contribution in [3.05, 3.63) is 22.9 Å². The molecule has 1 saturated carbocycles. The highest BCUT2D eigenvalue weighted by Gasteiger charge is 2.41. The third-order valence-electron chi connectivity index (χ3n) is 4.72. The third kappa shape index (κ3) is 2.06. The molecule has 1 aromatic heterocycles. The van der Waals surface area contributed by atoms with Crippen LogP contribution in [-0.4, -0.2) is 23.7 Å². The maximum absolute atomic E-state index is 9.35. The molecule has 104 valence electrons. The van der Waals surface area contributed by atoms with Gasteiger partial charge in [-0.1, -0.05) is 0 Å². The van der Waals surface area contributed by atoms with Crippen LogP contribution in [0.25, 0.3) is 0 Å². The second kappa shape index (κ2) is 4.75. The molecule has 1 saturated heterocycles. The van der Waals surface area contributed by atoms with Crippen molar-refractivity contribution in [3.63, 3.8) is 0 Å². The van der Waals surface area contributed by atoms with Crippen LogP contribution in [0.3, 0.4) is 0 Å². The van der Waals surface area contributed by atoms with Crippen LogP contribution in [0.2, 0.25) is 0 Å². The van der Waals surface area contributed by atoms with Gasteiger partial charge in [0.05, 0.1) is 17.7 Å². The average molecular weight is 269 g/mol. The zero-order valence-electron chi connectivity index (χ0n) is 11.6. The minimum absolute atomic E-state index is 0.316. The Morgan fingerprint density at radius 1 is 1.30 bits per heavy atom. The van der Waals surface area contributed by atoms with E-state index in [2.05, 4.69) is 11.4 Å². The zero-order chi connectivity index (χ0) is 13.5. The molecule has 3 aliphatic rings. The highest BCUT2D eigenvalue weighted by Crippen LogP contribution is 2.39. The van der Waals surface area contributed by atoms with E-state index < -0.39 is 0 Å². The van der Waals surface area contributed by atoms with E-state index in [9.17, 15) is 5.26 Å². The second-order valence-electron chi connectivity index (χ2n) is 6.17. The molecule has 0 aromatic carbocycles. The second-order valence-corrected chi connectivity index (χ2v) is 6.17. The normalized spacial score (nSPS) is 28.1. The number of nitrogens with zero attached hydrogens (tertiary/aromatic N) is 2. The number of anilines is 1. The Morgan fingerprint density at radius 2 is 2.20 bits per heavy atom. The number of aromatic nitrogens is 1. The Hall–Kier alpha value is -1.60. The highest BCUT2D eigenvalue weighted by atomic mass is 16.5. The van der Waals surface area contributed by atoms with Crippen LogP contribution >= 0.6 is 0 Å². The summed E-state index contributed by atoms with van der Waals surface area (Å²) in [4.78, 5) is 4.71. The summed E-state index contributed by atoms with van der Waals surface area (Å²) < 4.78 is 5.85. The number of ether oxygens (including phenoxy) is 1. The van der Waals surface area contributed by atoms with Crippen LogP contribution in [0.15, 0.2) is 6.07 Å². The van der Waals surface area contributed by atoms with E-state index in [1.807, 2.05) is 6.07 Å². The minimum Gasteiger partial charge on any atom is -0.376 e. The Labute approximate surface area is 119 Å². The van der Waals surface area contributed by atoms with E-state index in [0.717, 1.165) is 44.0 Å². The lowest BCUT2D eigenvalue weighted by Gasteiger charge is -2.21. The molecule has 0 bridgehead atoms. The van der Waals surface area contributed by atoms with Crippen LogP contribution < -0.4 is 5.32 Å². The Balaban J connectivity index is 1.60. The first-order valence-corrected chi connectivity index (χ1v) is 7.66. The molecule has 1 aliphatic heterocycles. The van der Waals surface area contributed by atoms with Gasteiger partial charge in [-0.05, 0) is 56.1 Å². The van der Waals surface area contributed by atoms with Gasteiger partial charge in [0.1, 0.15) is 11.9 Å². The van der Waals surface area contributed by atoms with Crippen molar-refractivity contribution in [3.8, 4) is 6.07 Å². The van der Waals surface area contributed by atoms with Crippen molar-refractivity contribution < 1.29 is 4.74 Å². The van der Waals surface area contributed by atoms with Crippen LogP contribution in [0.4, 0.5) is 5.82 Å². The van der Waals surface area contributed by atoms with Crippen molar-refractivity contribution in [2.45, 2.75) is 50.7 Å². The fourth-order valence-electron chi connectivity index (χ4n) is 3.50. The van der Waals surface area contributed by atoms with Crippen LogP contribution in [-0.2, 0) is 17.6 Å². The van der Waals surface area contributed by atoms with E-state index in [-0.39, 0.29) is 0 Å². The van der Waals surface area contributed by atoms with E-state index in [0.29, 0.717) is 17.7 Å². The Kier molecular flexibility index (Phi) is 2.89. The van der Waals surface area contributed by atoms with Crippen molar-refractivity contribution in [1.82, 2.24) is 4.98 Å². The molecule has 0 amide bonds. The van der Waals surface area contributed by atoms with E-state index in [1.54, 1.807) is 0 Å². The zero-order valence-corrected chi connectivity index (χ0v) is 11.6. The highest BCUT2D eigenvalue weighted by molar-refractivity contribution is 5.55. The molecule has 4 heteroatoms. The number of nitrogens with one attached hydrogen (secondary N) is 1. The smallest absolute Gasteiger partial charge is 0.144 e. The van der Waals surface area contributed by atoms with Gasteiger partial charge in [0.15, 0.2) is 0 Å². The Morgan fingerprint density at radius 3 is 3.00 bits per heavy atom. The summed E-state index contributed by atoms with van der Waals surface area (Å²) in [6, 6.07) is 4.64. The first-order chi connectivity index (χ1) is 9.85. The van der Waals surface area contributed by atoms with Crippen LogP contribution in [0.5, 0.6) is 0 Å². The fourth-order valence-corrected chi connectivity index (χ4v) is 3.50. The van der Waals surface area contributed by atoms with Crippen molar-refractivity contribution in [2.75, 3.05) is 11.9 Å². The van der Waals surface area contributed by atoms with Crippen molar-refractivity contribution in [1.29, 1.82) is 5.26 Å². The largest absolute Gasteiger partial charge is 0.376 e. The van der Waals surface area contributed by atoms with Gasteiger partial charge in [-0.15, -0.1) is 0 Å². The fraction of sp³-hybridized carbons (Fsp3) is 0.625. The lowest BCUT2D eigenvalue weighted by Crippen LogP contribution is -2.31. The summed E-state index contributed by atoms with van der Waals surface area (Å²) in [5, 5.41) is 12.9. The summed E-state index contributed by atoms with van der Waals surface area (Å²) in [7, 11) is 0. The van der Waals surface area contributed by atoms with Gasteiger partial charge < -0.3 is 10.1 Å². The third-order valence-corrected chi connectivity index (χ3v) is 4.72. The summed E-state index contributed by atoms with van der Waals surface area (Å²) >= 11 is 0. The van der Waals surface area contributed by atoms with Gasteiger partial charge in [-0.25, -0.2) is 4.98 Å². The predicted octanol–water partition coefficient (Wildman–Crippen LogP) is 2.42. The number of rotatable bonds is 3. The van der Waals surface area contributed by atoms with Crippen LogP contribution in [0.1, 0.15) is 42.5 Å². The maximum atomic E-state index is 9.35. The molecule has 0 radical (unpaired) electrons. The van der Waals surface area contributed by atoms with Crippen LogP contribution in [0, 0.1) is 17.2 Å². The summed E-state index contributed by atoms with van der Waals surface area (Å²) in [5.74, 6) is 1.49. The molecule has 2 unspecified atom stereocenters. The standard InChI is InChI=1S/C16H19N3O/c17-9-12-8-11-2-1-3-13(11)18-16(12)19-14-6-7-20-15(14)10-4-5-10/h8,10,14-15H,1-7H2,(H,18,19). The quantitative estimate of drug-likeness (QED) is 0.915. The van der Waals surface area contributed by atoms with E-state index in [1.165, 1.54) is 24.1 Å². The van der Waals surface area contributed by atoms with Crippen molar-refractivity contribution in [2.24, 2.45) is 5.92 Å². The van der Waals surface area contributed by atoms with Gasteiger partial charge in [-0.3, -0.25) is 0 Å². The maximum Gasteiger partial charge on any atom is 0.144 e. The number of hydrogen-bond acceptors (Lipinski definition) is 4. The molecule has 4 nitrogen and oxygen atoms in total. The Bertz CT molecular complexity index is 574. The first-order valence-electron chi connectivity index (χ1n) is 7.66. The number of pyridine rings is 1. The van der Waals surface area contributed by atoms with E-state index in [4.69, 9.17) is 9.72 Å². The van der Waals surface area contributed by atoms with Crippen molar-refractivity contribution >= 4 is 5.82 Å². The lowest BCUT2D eigenvalue weighted by atomic mass is 10.1. The average Bonchev–Trinajstić information content (AvgIpc) is 3.03. The molecule has 0 spiro atoms.